The van der Waals surface area contributed by atoms with Gasteiger partial charge in [-0.1, -0.05) is 20.3 Å². The Morgan fingerprint density at radius 3 is 2.82 bits per heavy atom. The summed E-state index contributed by atoms with van der Waals surface area (Å²) in [5.41, 5.74) is 0. The molecule has 2 nitrogen and oxygen atoms in total. The van der Waals surface area contributed by atoms with Crippen molar-refractivity contribution >= 4 is 0 Å². The highest BCUT2D eigenvalue weighted by atomic mass is 16.3. The van der Waals surface area contributed by atoms with Crippen molar-refractivity contribution in [2.75, 3.05) is 6.54 Å². The van der Waals surface area contributed by atoms with Crippen molar-refractivity contribution < 1.29 is 5.11 Å². The van der Waals surface area contributed by atoms with E-state index in [2.05, 4.69) is 19.2 Å². The summed E-state index contributed by atoms with van der Waals surface area (Å²) in [5.74, 6) is 0.436. The van der Waals surface area contributed by atoms with Gasteiger partial charge in [-0.2, -0.15) is 0 Å². The number of aliphatic hydroxyl groups is 1. The Labute approximate surface area is 69.0 Å². The summed E-state index contributed by atoms with van der Waals surface area (Å²) >= 11 is 0. The zero-order valence-corrected chi connectivity index (χ0v) is 7.51. The van der Waals surface area contributed by atoms with Gasteiger partial charge in [-0.05, 0) is 25.3 Å². The molecule has 2 heteroatoms. The summed E-state index contributed by atoms with van der Waals surface area (Å²) in [5, 5.41) is 13.1. The Kier molecular flexibility index (Phi) is 3.34. The number of aliphatic hydroxyl groups excluding tert-OH is 1. The first kappa shape index (κ1) is 9.01. The molecule has 3 atom stereocenters. The van der Waals surface area contributed by atoms with Crippen LogP contribution in [0.25, 0.3) is 0 Å². The normalized spacial score (nSPS) is 30.3. The first-order chi connectivity index (χ1) is 5.25. The molecule has 2 N–H and O–H groups in total. The van der Waals surface area contributed by atoms with Crippen LogP contribution in [0, 0.1) is 5.92 Å². The van der Waals surface area contributed by atoms with Crippen LogP contribution in [0.4, 0.5) is 0 Å². The average Bonchev–Trinajstić information content (AvgIpc) is 2.53. The fourth-order valence-corrected chi connectivity index (χ4v) is 1.64. The summed E-state index contributed by atoms with van der Waals surface area (Å²) in [6.45, 7) is 5.33. The standard InChI is InChI=1S/C9H19NO/c1-3-7(2)9(11)8-5-4-6-10-8/h7-11H,3-6H2,1-2H3. The molecule has 3 unspecified atom stereocenters. The Morgan fingerprint density at radius 1 is 1.64 bits per heavy atom. The third kappa shape index (κ3) is 2.17. The van der Waals surface area contributed by atoms with Crippen LogP contribution in [0.1, 0.15) is 33.1 Å². The van der Waals surface area contributed by atoms with E-state index in [0.29, 0.717) is 12.0 Å². The van der Waals surface area contributed by atoms with Crippen LogP contribution in [-0.4, -0.2) is 23.8 Å². The Hall–Kier alpha value is -0.0800. The first-order valence-corrected chi connectivity index (χ1v) is 4.67. The summed E-state index contributed by atoms with van der Waals surface area (Å²) in [7, 11) is 0. The molecular weight excluding hydrogens is 138 g/mol. The SMILES string of the molecule is CCC(C)C(O)C1CCCN1. The maximum Gasteiger partial charge on any atom is 0.0718 e. The lowest BCUT2D eigenvalue weighted by Gasteiger charge is -2.23. The maximum atomic E-state index is 9.75. The summed E-state index contributed by atoms with van der Waals surface area (Å²) in [6.07, 6.45) is 3.30. The molecule has 0 aliphatic carbocycles. The van der Waals surface area contributed by atoms with Crippen LogP contribution >= 0.6 is 0 Å². The van der Waals surface area contributed by atoms with E-state index in [1.165, 1.54) is 6.42 Å². The minimum absolute atomic E-state index is 0.137. The molecule has 1 rings (SSSR count). The smallest absolute Gasteiger partial charge is 0.0718 e. The molecule has 0 aromatic carbocycles. The van der Waals surface area contributed by atoms with Gasteiger partial charge < -0.3 is 10.4 Å². The third-order valence-electron chi connectivity index (χ3n) is 2.74. The zero-order chi connectivity index (χ0) is 8.27. The molecule has 1 aliphatic rings. The molecular formula is C9H19NO. The lowest BCUT2D eigenvalue weighted by atomic mass is 9.95. The van der Waals surface area contributed by atoms with Crippen LogP contribution in [-0.2, 0) is 0 Å². The van der Waals surface area contributed by atoms with E-state index < -0.39 is 0 Å². The Bertz CT molecular complexity index is 110. The first-order valence-electron chi connectivity index (χ1n) is 4.67. The predicted molar refractivity (Wildman–Crippen MR) is 46.5 cm³/mol. The molecule has 11 heavy (non-hydrogen) atoms. The second kappa shape index (κ2) is 4.07. The molecule has 0 amide bonds. The molecule has 0 aromatic rings. The minimum atomic E-state index is -0.137. The van der Waals surface area contributed by atoms with Gasteiger partial charge in [-0.25, -0.2) is 0 Å². The van der Waals surface area contributed by atoms with Gasteiger partial charge in [0.25, 0.3) is 0 Å². The molecule has 0 spiro atoms. The molecule has 0 saturated carbocycles. The monoisotopic (exact) mass is 157 g/mol. The maximum absolute atomic E-state index is 9.75. The van der Waals surface area contributed by atoms with Gasteiger partial charge in [-0.3, -0.25) is 0 Å². The van der Waals surface area contributed by atoms with Crippen molar-refractivity contribution in [2.24, 2.45) is 5.92 Å². The Balaban J connectivity index is 2.32. The van der Waals surface area contributed by atoms with Gasteiger partial charge in [0.15, 0.2) is 0 Å². The van der Waals surface area contributed by atoms with Crippen LogP contribution in [0.3, 0.4) is 0 Å². The predicted octanol–water partition coefficient (Wildman–Crippen LogP) is 1.15. The van der Waals surface area contributed by atoms with E-state index in [-0.39, 0.29) is 6.10 Å². The van der Waals surface area contributed by atoms with Gasteiger partial charge in [0, 0.05) is 6.04 Å². The highest BCUT2D eigenvalue weighted by molar-refractivity contribution is 4.83. The van der Waals surface area contributed by atoms with Gasteiger partial charge in [0.1, 0.15) is 0 Å². The fraction of sp³-hybridized carbons (Fsp3) is 1.00. The Morgan fingerprint density at radius 2 is 2.36 bits per heavy atom. The highest BCUT2D eigenvalue weighted by Gasteiger charge is 2.25. The summed E-state index contributed by atoms with van der Waals surface area (Å²) in [6, 6.07) is 0.366. The van der Waals surface area contributed by atoms with Crippen LogP contribution in [0.15, 0.2) is 0 Å². The van der Waals surface area contributed by atoms with E-state index in [0.717, 1.165) is 19.4 Å². The summed E-state index contributed by atoms with van der Waals surface area (Å²) in [4.78, 5) is 0. The molecule has 1 saturated heterocycles. The fourth-order valence-electron chi connectivity index (χ4n) is 1.64. The van der Waals surface area contributed by atoms with E-state index in [9.17, 15) is 5.11 Å². The van der Waals surface area contributed by atoms with E-state index in [4.69, 9.17) is 0 Å². The minimum Gasteiger partial charge on any atom is -0.391 e. The van der Waals surface area contributed by atoms with E-state index >= 15 is 0 Å². The molecule has 0 radical (unpaired) electrons. The van der Waals surface area contributed by atoms with Crippen molar-refractivity contribution in [3.63, 3.8) is 0 Å². The molecule has 0 aromatic heterocycles. The van der Waals surface area contributed by atoms with Gasteiger partial charge in [0.2, 0.25) is 0 Å². The topological polar surface area (TPSA) is 32.3 Å². The quantitative estimate of drug-likeness (QED) is 0.644. The second-order valence-electron chi connectivity index (χ2n) is 3.58. The third-order valence-corrected chi connectivity index (χ3v) is 2.74. The average molecular weight is 157 g/mol. The van der Waals surface area contributed by atoms with Crippen molar-refractivity contribution in [1.82, 2.24) is 5.32 Å². The van der Waals surface area contributed by atoms with Crippen molar-refractivity contribution in [1.29, 1.82) is 0 Å². The zero-order valence-electron chi connectivity index (χ0n) is 7.51. The van der Waals surface area contributed by atoms with Crippen molar-refractivity contribution in [2.45, 2.75) is 45.3 Å². The largest absolute Gasteiger partial charge is 0.391 e. The van der Waals surface area contributed by atoms with E-state index in [1.807, 2.05) is 0 Å². The van der Waals surface area contributed by atoms with Gasteiger partial charge in [0.05, 0.1) is 6.10 Å². The van der Waals surface area contributed by atoms with Crippen LogP contribution in [0.5, 0.6) is 0 Å². The molecule has 0 bridgehead atoms. The van der Waals surface area contributed by atoms with Crippen molar-refractivity contribution in [3.8, 4) is 0 Å². The molecule has 1 fully saturated rings. The number of rotatable bonds is 3. The van der Waals surface area contributed by atoms with E-state index in [1.54, 1.807) is 0 Å². The van der Waals surface area contributed by atoms with Crippen LogP contribution < -0.4 is 5.32 Å². The van der Waals surface area contributed by atoms with Gasteiger partial charge >= 0.3 is 0 Å². The number of nitrogens with one attached hydrogen (secondary N) is 1. The molecule has 66 valence electrons. The summed E-state index contributed by atoms with van der Waals surface area (Å²) < 4.78 is 0. The number of hydrogen-bond acceptors (Lipinski definition) is 2. The second-order valence-corrected chi connectivity index (χ2v) is 3.58. The number of hydrogen-bond donors (Lipinski definition) is 2. The van der Waals surface area contributed by atoms with Gasteiger partial charge in [-0.15, -0.1) is 0 Å². The molecule has 1 heterocycles. The van der Waals surface area contributed by atoms with Crippen LogP contribution in [0.2, 0.25) is 0 Å². The van der Waals surface area contributed by atoms with Crippen molar-refractivity contribution in [3.05, 3.63) is 0 Å². The highest BCUT2D eigenvalue weighted by Crippen LogP contribution is 2.17. The molecule has 1 aliphatic heterocycles. The lowest BCUT2D eigenvalue weighted by molar-refractivity contribution is 0.0810. The lowest BCUT2D eigenvalue weighted by Crippen LogP contribution is -2.38.